The molecule has 204 valence electrons. The highest BCUT2D eigenvalue weighted by Crippen LogP contribution is 2.34. The van der Waals surface area contributed by atoms with Crippen molar-refractivity contribution in [2.24, 2.45) is 0 Å². The van der Waals surface area contributed by atoms with Crippen molar-refractivity contribution in [1.29, 1.82) is 5.26 Å². The molecule has 0 unspecified atom stereocenters. The van der Waals surface area contributed by atoms with Gasteiger partial charge in [-0.05, 0) is 42.0 Å². The average molecular weight is 539 g/mol. The van der Waals surface area contributed by atoms with Crippen LogP contribution < -0.4 is 24.4 Å². The third-order valence-corrected chi connectivity index (χ3v) is 6.86. The van der Waals surface area contributed by atoms with Crippen molar-refractivity contribution in [2.45, 2.75) is 13.5 Å². The largest absolute Gasteiger partial charge is 0.497 e. The van der Waals surface area contributed by atoms with Crippen molar-refractivity contribution in [2.75, 3.05) is 50.6 Å². The van der Waals surface area contributed by atoms with E-state index in [2.05, 4.69) is 21.3 Å². The van der Waals surface area contributed by atoms with Crippen LogP contribution in [-0.2, 0) is 11.4 Å². The van der Waals surface area contributed by atoms with Gasteiger partial charge < -0.3 is 29.3 Å². The number of benzene rings is 3. The van der Waals surface area contributed by atoms with E-state index in [1.54, 1.807) is 27.3 Å². The molecular formula is C30H30N6O4. The molecule has 10 heteroatoms. The summed E-state index contributed by atoms with van der Waals surface area (Å²) < 4.78 is 16.8. The molecule has 0 atom stereocenters. The predicted octanol–water partition coefficient (Wildman–Crippen LogP) is 4.51. The lowest BCUT2D eigenvalue weighted by molar-refractivity contribution is -0.129. The molecule has 1 amide bonds. The van der Waals surface area contributed by atoms with Crippen LogP contribution in [0.15, 0.2) is 60.8 Å². The molecule has 4 aromatic rings. The molecule has 10 nitrogen and oxygen atoms in total. The van der Waals surface area contributed by atoms with E-state index in [4.69, 9.17) is 19.2 Å². The van der Waals surface area contributed by atoms with Gasteiger partial charge in [0.2, 0.25) is 5.91 Å². The van der Waals surface area contributed by atoms with Crippen molar-refractivity contribution in [3.8, 4) is 23.3 Å². The number of methoxy groups -OCH3 is 2. The van der Waals surface area contributed by atoms with Crippen LogP contribution in [0.25, 0.3) is 11.0 Å². The Bertz CT molecular complexity index is 1560. The van der Waals surface area contributed by atoms with E-state index in [9.17, 15) is 10.1 Å². The Morgan fingerprint density at radius 3 is 2.45 bits per heavy atom. The van der Waals surface area contributed by atoms with Crippen molar-refractivity contribution < 1.29 is 19.0 Å². The van der Waals surface area contributed by atoms with Crippen LogP contribution in [0.2, 0.25) is 0 Å². The van der Waals surface area contributed by atoms with Crippen LogP contribution in [0.4, 0.5) is 17.2 Å². The van der Waals surface area contributed by atoms with Gasteiger partial charge in [0.1, 0.15) is 35.3 Å². The van der Waals surface area contributed by atoms with Gasteiger partial charge in [0, 0.05) is 44.9 Å². The quantitative estimate of drug-likeness (QED) is 0.346. The minimum Gasteiger partial charge on any atom is -0.497 e. The molecule has 1 aliphatic rings. The smallest absolute Gasteiger partial charge is 0.219 e. The summed E-state index contributed by atoms with van der Waals surface area (Å²) in [6, 6.07) is 19.2. The summed E-state index contributed by atoms with van der Waals surface area (Å²) in [6.07, 6.45) is 1.72. The number of amides is 1. The molecule has 1 aromatic heterocycles. The first-order valence-corrected chi connectivity index (χ1v) is 12.9. The standard InChI is InChI=1S/C30H30N6O4/c1-20(37)35-12-14-36(15-13-35)29-18-32-26-10-9-25(24(17-31)30(26)34-29)33-22-6-11-27(28(16-22)39-3)40-19-21-4-7-23(38-2)8-5-21/h4-11,16,18,33H,12-15,19H2,1-3H3. The normalized spacial score (nSPS) is 13.1. The number of hydrogen-bond donors (Lipinski definition) is 1. The second kappa shape index (κ2) is 11.8. The summed E-state index contributed by atoms with van der Waals surface area (Å²) in [5, 5.41) is 13.4. The van der Waals surface area contributed by atoms with Crippen molar-refractivity contribution in [1.82, 2.24) is 14.9 Å². The molecule has 40 heavy (non-hydrogen) atoms. The second-order valence-corrected chi connectivity index (χ2v) is 9.32. The SMILES string of the molecule is COc1ccc(COc2ccc(Nc3ccc4ncc(N5CCN(C(C)=O)CC5)nc4c3C#N)cc2OC)cc1. The number of anilines is 3. The van der Waals surface area contributed by atoms with E-state index >= 15 is 0 Å². The van der Waals surface area contributed by atoms with Crippen LogP contribution >= 0.6 is 0 Å². The molecule has 5 rings (SSSR count). The van der Waals surface area contributed by atoms with Crippen molar-refractivity contribution in [3.05, 3.63) is 71.9 Å². The zero-order chi connectivity index (χ0) is 28.1. The van der Waals surface area contributed by atoms with Gasteiger partial charge in [0.05, 0.1) is 31.6 Å². The second-order valence-electron chi connectivity index (χ2n) is 9.32. The minimum absolute atomic E-state index is 0.0696. The highest BCUT2D eigenvalue weighted by atomic mass is 16.5. The van der Waals surface area contributed by atoms with Gasteiger partial charge in [0.15, 0.2) is 11.5 Å². The maximum Gasteiger partial charge on any atom is 0.219 e. The van der Waals surface area contributed by atoms with E-state index in [0.717, 1.165) is 17.0 Å². The fraction of sp³-hybridized carbons (Fsp3) is 0.267. The van der Waals surface area contributed by atoms with Crippen LogP contribution in [0.3, 0.4) is 0 Å². The number of piperazine rings is 1. The number of rotatable bonds is 8. The van der Waals surface area contributed by atoms with Gasteiger partial charge >= 0.3 is 0 Å². The van der Waals surface area contributed by atoms with Gasteiger partial charge in [-0.15, -0.1) is 0 Å². The number of nitrogens with zero attached hydrogens (tertiary/aromatic N) is 5. The molecular weight excluding hydrogens is 508 g/mol. The Morgan fingerprint density at radius 1 is 1.00 bits per heavy atom. The molecule has 0 bridgehead atoms. The molecule has 1 saturated heterocycles. The lowest BCUT2D eigenvalue weighted by Gasteiger charge is -2.34. The van der Waals surface area contributed by atoms with E-state index < -0.39 is 0 Å². The van der Waals surface area contributed by atoms with E-state index in [0.29, 0.717) is 72.4 Å². The van der Waals surface area contributed by atoms with E-state index in [1.807, 2.05) is 59.5 Å². The summed E-state index contributed by atoms with van der Waals surface area (Å²) >= 11 is 0. The maximum absolute atomic E-state index is 11.7. The maximum atomic E-state index is 11.7. The first-order chi connectivity index (χ1) is 19.5. The van der Waals surface area contributed by atoms with Gasteiger partial charge in [-0.2, -0.15) is 5.26 Å². The number of carbonyl (C=O) groups is 1. The number of nitriles is 1. The number of fused-ring (bicyclic) bond motifs is 1. The molecule has 1 aliphatic heterocycles. The van der Waals surface area contributed by atoms with Gasteiger partial charge in [-0.3, -0.25) is 9.78 Å². The molecule has 1 fully saturated rings. The first kappa shape index (κ1) is 26.6. The Labute approximate surface area is 232 Å². The van der Waals surface area contributed by atoms with E-state index in [1.165, 1.54) is 0 Å². The molecule has 0 aliphatic carbocycles. The molecule has 3 aromatic carbocycles. The topological polar surface area (TPSA) is 113 Å². The summed E-state index contributed by atoms with van der Waals surface area (Å²) in [6.45, 7) is 4.53. The Hall–Kier alpha value is -5.04. The number of aromatic nitrogens is 2. The van der Waals surface area contributed by atoms with Crippen molar-refractivity contribution in [3.63, 3.8) is 0 Å². The average Bonchev–Trinajstić information content (AvgIpc) is 3.00. The van der Waals surface area contributed by atoms with Crippen molar-refractivity contribution >= 4 is 34.1 Å². The van der Waals surface area contributed by atoms with Gasteiger partial charge in [-0.1, -0.05) is 12.1 Å². The Morgan fingerprint density at radius 2 is 1.77 bits per heavy atom. The predicted molar refractivity (Wildman–Crippen MR) is 152 cm³/mol. The molecule has 0 spiro atoms. The number of nitrogens with one attached hydrogen (secondary N) is 1. The highest BCUT2D eigenvalue weighted by molar-refractivity contribution is 5.89. The molecule has 0 radical (unpaired) electrons. The zero-order valence-corrected chi connectivity index (χ0v) is 22.7. The van der Waals surface area contributed by atoms with Gasteiger partial charge in [0.25, 0.3) is 0 Å². The first-order valence-electron chi connectivity index (χ1n) is 12.9. The summed E-state index contributed by atoms with van der Waals surface area (Å²) in [5.41, 5.74) is 3.89. The summed E-state index contributed by atoms with van der Waals surface area (Å²) in [5.74, 6) is 2.70. The third kappa shape index (κ3) is 5.68. The lowest BCUT2D eigenvalue weighted by Crippen LogP contribution is -2.48. The van der Waals surface area contributed by atoms with Crippen LogP contribution in [0.5, 0.6) is 17.2 Å². The number of ether oxygens (including phenoxy) is 3. The van der Waals surface area contributed by atoms with E-state index in [-0.39, 0.29) is 5.91 Å². The number of carbonyl (C=O) groups excluding carboxylic acids is 1. The molecule has 1 N–H and O–H groups in total. The van der Waals surface area contributed by atoms with Gasteiger partial charge in [-0.25, -0.2) is 4.98 Å². The Balaban J connectivity index is 1.35. The lowest BCUT2D eigenvalue weighted by atomic mass is 10.1. The molecule has 0 saturated carbocycles. The number of hydrogen-bond acceptors (Lipinski definition) is 9. The summed E-state index contributed by atoms with van der Waals surface area (Å²) in [7, 11) is 3.22. The molecule has 2 heterocycles. The fourth-order valence-electron chi connectivity index (χ4n) is 4.59. The fourth-order valence-corrected chi connectivity index (χ4v) is 4.59. The summed E-state index contributed by atoms with van der Waals surface area (Å²) in [4.78, 5) is 24.9. The zero-order valence-electron chi connectivity index (χ0n) is 22.7. The van der Waals surface area contributed by atoms with Crippen LogP contribution in [0, 0.1) is 11.3 Å². The highest BCUT2D eigenvalue weighted by Gasteiger charge is 2.21. The monoisotopic (exact) mass is 538 g/mol. The van der Waals surface area contributed by atoms with Crippen LogP contribution in [0.1, 0.15) is 18.1 Å². The Kier molecular flexibility index (Phi) is 7.82. The van der Waals surface area contributed by atoms with Crippen LogP contribution in [-0.4, -0.2) is 61.2 Å². The third-order valence-electron chi connectivity index (χ3n) is 6.86. The minimum atomic E-state index is 0.0696.